The lowest BCUT2D eigenvalue weighted by molar-refractivity contribution is -0.121. The van der Waals surface area contributed by atoms with Crippen molar-refractivity contribution < 1.29 is 9.21 Å². The van der Waals surface area contributed by atoms with E-state index < -0.39 is 0 Å². The number of amides is 1. The van der Waals surface area contributed by atoms with Crippen LogP contribution >= 0.6 is 24.8 Å². The maximum absolute atomic E-state index is 12.3. The van der Waals surface area contributed by atoms with Crippen molar-refractivity contribution in [2.75, 3.05) is 6.54 Å². The van der Waals surface area contributed by atoms with Gasteiger partial charge in [-0.15, -0.1) is 24.8 Å². The van der Waals surface area contributed by atoms with E-state index in [1.54, 1.807) is 0 Å². The number of aryl methyl sites for hydroxylation is 1. The quantitative estimate of drug-likeness (QED) is 0.846. The van der Waals surface area contributed by atoms with Crippen molar-refractivity contribution in [3.8, 4) is 11.5 Å². The molecule has 138 valence electrons. The molecule has 1 aromatic heterocycles. The van der Waals surface area contributed by atoms with Gasteiger partial charge in [0.1, 0.15) is 5.76 Å². The van der Waals surface area contributed by atoms with E-state index in [2.05, 4.69) is 22.5 Å². The fraction of sp³-hybridized carbons (Fsp3) is 0.444. The Balaban J connectivity index is 0.00000156. The molecule has 2 atom stereocenters. The molecule has 25 heavy (non-hydrogen) atoms. The molecule has 2 aromatic rings. The molecule has 3 rings (SSSR count). The van der Waals surface area contributed by atoms with Gasteiger partial charge < -0.3 is 15.1 Å². The van der Waals surface area contributed by atoms with E-state index in [4.69, 9.17) is 4.42 Å². The van der Waals surface area contributed by atoms with Crippen molar-refractivity contribution in [1.82, 2.24) is 15.6 Å². The lowest BCUT2D eigenvalue weighted by Crippen LogP contribution is -2.52. The van der Waals surface area contributed by atoms with Crippen LogP contribution in [-0.4, -0.2) is 29.5 Å². The van der Waals surface area contributed by atoms with Crippen molar-refractivity contribution in [2.24, 2.45) is 0 Å². The van der Waals surface area contributed by atoms with E-state index in [0.29, 0.717) is 23.4 Å². The molecule has 0 saturated carbocycles. The summed E-state index contributed by atoms with van der Waals surface area (Å²) in [5.74, 6) is 1.27. The van der Waals surface area contributed by atoms with Crippen LogP contribution < -0.4 is 10.6 Å². The summed E-state index contributed by atoms with van der Waals surface area (Å²) in [6.45, 7) is 4.99. The molecule has 1 saturated heterocycles. The molecule has 1 amide bonds. The van der Waals surface area contributed by atoms with Gasteiger partial charge in [-0.1, -0.05) is 18.2 Å². The lowest BCUT2D eigenvalue weighted by atomic mass is 9.99. The topological polar surface area (TPSA) is 67.2 Å². The minimum absolute atomic E-state index is 0. The zero-order valence-corrected chi connectivity index (χ0v) is 16.1. The predicted octanol–water partition coefficient (Wildman–Crippen LogP) is 3.29. The molecule has 5 nitrogen and oxygen atoms in total. The summed E-state index contributed by atoms with van der Waals surface area (Å²) in [5, 5.41) is 6.50. The van der Waals surface area contributed by atoms with Gasteiger partial charge in [0.2, 0.25) is 11.8 Å². The molecule has 0 bridgehead atoms. The number of carbonyl (C=O) groups is 1. The van der Waals surface area contributed by atoms with Gasteiger partial charge in [0.05, 0.1) is 12.1 Å². The monoisotopic (exact) mass is 385 g/mol. The third-order valence-corrected chi connectivity index (χ3v) is 4.35. The molecule has 0 radical (unpaired) electrons. The maximum atomic E-state index is 12.3. The van der Waals surface area contributed by atoms with E-state index in [1.807, 2.05) is 37.3 Å². The first kappa shape index (κ1) is 21.5. The first-order chi connectivity index (χ1) is 11.1. The first-order valence-electron chi connectivity index (χ1n) is 8.18. The summed E-state index contributed by atoms with van der Waals surface area (Å²) in [6, 6.07) is 10.2. The van der Waals surface area contributed by atoms with Gasteiger partial charge in [-0.05, 0) is 45.4 Å². The summed E-state index contributed by atoms with van der Waals surface area (Å²) >= 11 is 0. The summed E-state index contributed by atoms with van der Waals surface area (Å²) in [5.41, 5.74) is 1.63. The highest BCUT2D eigenvalue weighted by atomic mass is 35.5. The standard InChI is InChI=1S/C18H23N3O2.2ClH/c1-12-15(9-6-10-19-12)20-17(22)11-16-13(2)23-18(21-16)14-7-4-3-5-8-14;;/h3-5,7-8,12,15,19H,6,9-11H2,1-2H3,(H,20,22);2*1H. The lowest BCUT2D eigenvalue weighted by Gasteiger charge is -2.30. The molecule has 2 unspecified atom stereocenters. The van der Waals surface area contributed by atoms with Gasteiger partial charge in [-0.2, -0.15) is 0 Å². The zero-order valence-electron chi connectivity index (χ0n) is 14.5. The molecule has 0 spiro atoms. The Morgan fingerprint density at radius 2 is 2.04 bits per heavy atom. The molecule has 2 heterocycles. The Morgan fingerprint density at radius 1 is 1.32 bits per heavy atom. The van der Waals surface area contributed by atoms with E-state index in [-0.39, 0.29) is 43.2 Å². The normalized spacial score (nSPS) is 19.4. The SMILES string of the molecule is Cc1oc(-c2ccccc2)nc1CC(=O)NC1CCCNC1C.Cl.Cl. The van der Waals surface area contributed by atoms with Crippen LogP contribution in [0.5, 0.6) is 0 Å². The highest BCUT2D eigenvalue weighted by Crippen LogP contribution is 2.21. The minimum atomic E-state index is 0. The Kier molecular flexibility index (Phi) is 8.42. The average Bonchev–Trinajstić information content (AvgIpc) is 2.91. The van der Waals surface area contributed by atoms with Crippen molar-refractivity contribution in [3.63, 3.8) is 0 Å². The van der Waals surface area contributed by atoms with Gasteiger partial charge in [0.25, 0.3) is 0 Å². The van der Waals surface area contributed by atoms with Crippen LogP contribution in [0.25, 0.3) is 11.5 Å². The number of nitrogens with one attached hydrogen (secondary N) is 2. The van der Waals surface area contributed by atoms with E-state index in [9.17, 15) is 4.79 Å². The second-order valence-electron chi connectivity index (χ2n) is 6.12. The second-order valence-corrected chi connectivity index (χ2v) is 6.12. The van der Waals surface area contributed by atoms with Crippen molar-refractivity contribution >= 4 is 30.7 Å². The fourth-order valence-electron chi connectivity index (χ4n) is 2.95. The summed E-state index contributed by atoms with van der Waals surface area (Å²) in [6.07, 6.45) is 2.37. The molecule has 1 fully saturated rings. The smallest absolute Gasteiger partial charge is 0.226 e. The van der Waals surface area contributed by atoms with Crippen LogP contribution in [0.3, 0.4) is 0 Å². The Labute approximate surface area is 160 Å². The number of hydrogen-bond donors (Lipinski definition) is 2. The number of hydrogen-bond acceptors (Lipinski definition) is 4. The summed E-state index contributed by atoms with van der Waals surface area (Å²) in [4.78, 5) is 16.8. The maximum Gasteiger partial charge on any atom is 0.226 e. The Hall–Kier alpha value is -1.56. The molecule has 1 aliphatic heterocycles. The van der Waals surface area contributed by atoms with Gasteiger partial charge >= 0.3 is 0 Å². The number of piperidine rings is 1. The highest BCUT2D eigenvalue weighted by molar-refractivity contribution is 5.85. The summed E-state index contributed by atoms with van der Waals surface area (Å²) in [7, 11) is 0. The Morgan fingerprint density at radius 3 is 2.72 bits per heavy atom. The van der Waals surface area contributed by atoms with Crippen LogP contribution in [0, 0.1) is 6.92 Å². The van der Waals surface area contributed by atoms with E-state index in [0.717, 1.165) is 24.9 Å². The van der Waals surface area contributed by atoms with Crippen LogP contribution in [-0.2, 0) is 11.2 Å². The Bertz CT molecular complexity index is 676. The predicted molar refractivity (Wildman–Crippen MR) is 104 cm³/mol. The molecule has 0 aliphatic carbocycles. The number of aromatic nitrogens is 1. The van der Waals surface area contributed by atoms with Crippen LogP contribution in [0.15, 0.2) is 34.7 Å². The van der Waals surface area contributed by atoms with Crippen LogP contribution in [0.1, 0.15) is 31.2 Å². The third-order valence-electron chi connectivity index (χ3n) is 4.35. The van der Waals surface area contributed by atoms with Gasteiger partial charge in [0, 0.05) is 17.6 Å². The molecule has 1 aliphatic rings. The fourth-order valence-corrected chi connectivity index (χ4v) is 2.95. The second kappa shape index (κ2) is 9.80. The highest BCUT2D eigenvalue weighted by Gasteiger charge is 2.23. The average molecular weight is 386 g/mol. The molecule has 7 heteroatoms. The number of oxazole rings is 1. The number of rotatable bonds is 4. The van der Waals surface area contributed by atoms with Gasteiger partial charge in [-0.25, -0.2) is 4.98 Å². The largest absolute Gasteiger partial charge is 0.441 e. The number of benzene rings is 1. The van der Waals surface area contributed by atoms with E-state index >= 15 is 0 Å². The van der Waals surface area contributed by atoms with Gasteiger partial charge in [0.15, 0.2) is 0 Å². The minimum Gasteiger partial charge on any atom is -0.441 e. The van der Waals surface area contributed by atoms with E-state index in [1.165, 1.54) is 0 Å². The van der Waals surface area contributed by atoms with Gasteiger partial charge in [-0.3, -0.25) is 4.79 Å². The molecular formula is C18H25Cl2N3O2. The zero-order chi connectivity index (χ0) is 16.2. The van der Waals surface area contributed by atoms with Crippen LogP contribution in [0.4, 0.5) is 0 Å². The number of nitrogens with zero attached hydrogens (tertiary/aromatic N) is 1. The number of halogens is 2. The molecular weight excluding hydrogens is 361 g/mol. The van der Waals surface area contributed by atoms with Crippen LogP contribution in [0.2, 0.25) is 0 Å². The van der Waals surface area contributed by atoms with Crippen molar-refractivity contribution in [3.05, 3.63) is 41.8 Å². The third kappa shape index (κ3) is 5.46. The number of carbonyl (C=O) groups excluding carboxylic acids is 1. The first-order valence-corrected chi connectivity index (χ1v) is 8.18. The molecule has 2 N–H and O–H groups in total. The van der Waals surface area contributed by atoms with Crippen molar-refractivity contribution in [1.29, 1.82) is 0 Å². The molecule has 1 aromatic carbocycles. The van der Waals surface area contributed by atoms with Crippen molar-refractivity contribution in [2.45, 2.75) is 45.2 Å². The summed E-state index contributed by atoms with van der Waals surface area (Å²) < 4.78 is 5.71.